The summed E-state index contributed by atoms with van der Waals surface area (Å²) in [5, 5.41) is 2.01. The van der Waals surface area contributed by atoms with Gasteiger partial charge in [0.2, 0.25) is 0 Å². The number of rotatable bonds is 1. The van der Waals surface area contributed by atoms with E-state index in [1.54, 1.807) is 24.6 Å². The summed E-state index contributed by atoms with van der Waals surface area (Å²) >= 11 is 1.65. The summed E-state index contributed by atoms with van der Waals surface area (Å²) in [4.78, 5) is 4.18. The number of nitrogens with zero attached hydrogens (tertiary/aromatic N) is 1. The summed E-state index contributed by atoms with van der Waals surface area (Å²) in [6, 6.07) is 3.86. The molecule has 11 heavy (non-hydrogen) atoms. The fraction of sp³-hybridized carbons (Fsp3) is 0.125. The Bertz CT molecular complexity index is 369. The molecule has 0 saturated heterocycles. The second-order valence-electron chi connectivity index (χ2n) is 2.15. The fourth-order valence-corrected chi connectivity index (χ4v) is 1.85. The van der Waals surface area contributed by atoms with Gasteiger partial charge in [-0.15, -0.1) is 11.3 Å². The quantitative estimate of drug-likeness (QED) is 0.646. The van der Waals surface area contributed by atoms with E-state index in [1.807, 2.05) is 17.5 Å². The smallest absolute Gasteiger partial charge is 0.139 e. The van der Waals surface area contributed by atoms with E-state index in [-0.39, 0.29) is 0 Å². The average Bonchev–Trinajstić information content (AvgIpc) is 2.50. The standard InChI is InChI=1S/C8H7NOS/c1-10-7-2-4-9-6-3-5-11-8(6)7/h2-5H,1H3. The maximum atomic E-state index is 5.16. The van der Waals surface area contributed by atoms with Gasteiger partial charge < -0.3 is 4.74 Å². The SMILES string of the molecule is COc1ccnc2ccsc12. The van der Waals surface area contributed by atoms with E-state index in [4.69, 9.17) is 4.74 Å². The van der Waals surface area contributed by atoms with Crippen molar-refractivity contribution in [1.82, 2.24) is 4.98 Å². The van der Waals surface area contributed by atoms with Gasteiger partial charge in [-0.3, -0.25) is 4.98 Å². The molecule has 0 amide bonds. The van der Waals surface area contributed by atoms with Crippen molar-refractivity contribution in [2.45, 2.75) is 0 Å². The number of aromatic nitrogens is 1. The van der Waals surface area contributed by atoms with Crippen LogP contribution in [0.15, 0.2) is 23.7 Å². The van der Waals surface area contributed by atoms with Gasteiger partial charge >= 0.3 is 0 Å². The topological polar surface area (TPSA) is 22.1 Å². The Hall–Kier alpha value is -1.09. The third-order valence-corrected chi connectivity index (χ3v) is 2.45. The van der Waals surface area contributed by atoms with Crippen LogP contribution in [-0.4, -0.2) is 12.1 Å². The lowest BCUT2D eigenvalue weighted by Gasteiger charge is -1.98. The van der Waals surface area contributed by atoms with Crippen molar-refractivity contribution in [1.29, 1.82) is 0 Å². The van der Waals surface area contributed by atoms with Gasteiger partial charge in [0.1, 0.15) is 5.75 Å². The number of pyridine rings is 1. The minimum atomic E-state index is 0.907. The van der Waals surface area contributed by atoms with Gasteiger partial charge in [0.15, 0.2) is 0 Å². The number of fused-ring (bicyclic) bond motifs is 1. The highest BCUT2D eigenvalue weighted by Gasteiger charge is 2.00. The Morgan fingerprint density at radius 3 is 3.18 bits per heavy atom. The highest BCUT2D eigenvalue weighted by atomic mass is 32.1. The molecule has 0 aliphatic rings. The van der Waals surface area contributed by atoms with Crippen molar-refractivity contribution in [2.75, 3.05) is 7.11 Å². The first kappa shape index (κ1) is 6.61. The van der Waals surface area contributed by atoms with Crippen molar-refractivity contribution in [2.24, 2.45) is 0 Å². The van der Waals surface area contributed by atoms with E-state index in [1.165, 1.54) is 0 Å². The second kappa shape index (κ2) is 2.51. The fourth-order valence-electron chi connectivity index (χ4n) is 1.01. The van der Waals surface area contributed by atoms with Crippen LogP contribution in [0.3, 0.4) is 0 Å². The Morgan fingerprint density at radius 2 is 2.36 bits per heavy atom. The molecule has 0 radical (unpaired) electrons. The van der Waals surface area contributed by atoms with Gasteiger partial charge in [0, 0.05) is 6.20 Å². The molecular weight excluding hydrogens is 158 g/mol. The van der Waals surface area contributed by atoms with Crippen LogP contribution in [0.25, 0.3) is 10.2 Å². The van der Waals surface area contributed by atoms with Crippen molar-refractivity contribution >= 4 is 21.6 Å². The van der Waals surface area contributed by atoms with E-state index >= 15 is 0 Å². The maximum absolute atomic E-state index is 5.16. The summed E-state index contributed by atoms with van der Waals surface area (Å²) in [6.07, 6.45) is 1.76. The van der Waals surface area contributed by atoms with Crippen molar-refractivity contribution in [3.8, 4) is 5.75 Å². The van der Waals surface area contributed by atoms with Crippen molar-refractivity contribution in [3.05, 3.63) is 23.7 Å². The highest BCUT2D eigenvalue weighted by molar-refractivity contribution is 7.17. The lowest BCUT2D eigenvalue weighted by atomic mass is 10.4. The highest BCUT2D eigenvalue weighted by Crippen LogP contribution is 2.27. The molecule has 3 heteroatoms. The van der Waals surface area contributed by atoms with Crippen LogP contribution in [0.5, 0.6) is 5.75 Å². The monoisotopic (exact) mass is 165 g/mol. The molecular formula is C8H7NOS. The molecule has 2 heterocycles. The van der Waals surface area contributed by atoms with E-state index in [0.717, 1.165) is 16.0 Å². The van der Waals surface area contributed by atoms with Crippen LogP contribution in [0.4, 0.5) is 0 Å². The average molecular weight is 165 g/mol. The molecule has 0 unspecified atom stereocenters. The molecule has 2 aromatic heterocycles. The summed E-state index contributed by atoms with van der Waals surface area (Å²) in [5.74, 6) is 0.907. The molecule has 0 aliphatic heterocycles. The molecule has 0 spiro atoms. The predicted molar refractivity (Wildman–Crippen MR) is 46.2 cm³/mol. The number of hydrogen-bond donors (Lipinski definition) is 0. The van der Waals surface area contributed by atoms with Gasteiger partial charge in [-0.2, -0.15) is 0 Å². The van der Waals surface area contributed by atoms with Crippen molar-refractivity contribution < 1.29 is 4.74 Å². The van der Waals surface area contributed by atoms with Crippen LogP contribution in [0.2, 0.25) is 0 Å². The van der Waals surface area contributed by atoms with E-state index in [2.05, 4.69) is 4.98 Å². The van der Waals surface area contributed by atoms with Gasteiger partial charge in [0.25, 0.3) is 0 Å². The molecule has 56 valence electrons. The zero-order chi connectivity index (χ0) is 7.68. The summed E-state index contributed by atoms with van der Waals surface area (Å²) < 4.78 is 6.28. The molecule has 2 aromatic rings. The summed E-state index contributed by atoms with van der Waals surface area (Å²) in [6.45, 7) is 0. The molecule has 0 aromatic carbocycles. The number of methoxy groups -OCH3 is 1. The lowest BCUT2D eigenvalue weighted by Crippen LogP contribution is -1.82. The zero-order valence-corrected chi connectivity index (χ0v) is 6.89. The molecule has 2 rings (SSSR count). The van der Waals surface area contributed by atoms with Crippen molar-refractivity contribution in [3.63, 3.8) is 0 Å². The number of thiophene rings is 1. The van der Waals surface area contributed by atoms with E-state index < -0.39 is 0 Å². The normalized spacial score (nSPS) is 10.3. The molecule has 2 nitrogen and oxygen atoms in total. The first-order valence-electron chi connectivity index (χ1n) is 3.28. The zero-order valence-electron chi connectivity index (χ0n) is 6.07. The van der Waals surface area contributed by atoms with Gasteiger partial charge in [0.05, 0.1) is 17.3 Å². The minimum absolute atomic E-state index is 0.907. The van der Waals surface area contributed by atoms with Gasteiger partial charge in [-0.05, 0) is 17.5 Å². The second-order valence-corrected chi connectivity index (χ2v) is 3.06. The van der Waals surface area contributed by atoms with E-state index in [9.17, 15) is 0 Å². The first-order valence-corrected chi connectivity index (χ1v) is 4.16. The van der Waals surface area contributed by atoms with Crippen LogP contribution in [0, 0.1) is 0 Å². The van der Waals surface area contributed by atoms with Gasteiger partial charge in [-0.1, -0.05) is 0 Å². The number of ether oxygens (including phenoxy) is 1. The molecule has 0 atom stereocenters. The van der Waals surface area contributed by atoms with Gasteiger partial charge in [-0.25, -0.2) is 0 Å². The third-order valence-electron chi connectivity index (χ3n) is 1.53. The lowest BCUT2D eigenvalue weighted by molar-refractivity contribution is 0.420. The Morgan fingerprint density at radius 1 is 1.45 bits per heavy atom. The first-order chi connectivity index (χ1) is 5.42. The largest absolute Gasteiger partial charge is 0.495 e. The Kier molecular flexibility index (Phi) is 1.51. The Balaban J connectivity index is 2.79. The minimum Gasteiger partial charge on any atom is -0.495 e. The molecule has 0 bridgehead atoms. The summed E-state index contributed by atoms with van der Waals surface area (Å²) in [7, 11) is 1.68. The molecule has 0 N–H and O–H groups in total. The molecule has 0 fully saturated rings. The summed E-state index contributed by atoms with van der Waals surface area (Å²) in [5.41, 5.74) is 1.01. The maximum Gasteiger partial charge on any atom is 0.139 e. The Labute approximate surface area is 68.5 Å². The number of hydrogen-bond acceptors (Lipinski definition) is 3. The van der Waals surface area contributed by atoms with Crippen LogP contribution in [-0.2, 0) is 0 Å². The van der Waals surface area contributed by atoms with Crippen LogP contribution in [0.1, 0.15) is 0 Å². The van der Waals surface area contributed by atoms with Crippen LogP contribution < -0.4 is 4.74 Å². The van der Waals surface area contributed by atoms with Crippen LogP contribution >= 0.6 is 11.3 Å². The predicted octanol–water partition coefficient (Wildman–Crippen LogP) is 2.30. The third kappa shape index (κ3) is 0.973. The molecule has 0 saturated carbocycles. The van der Waals surface area contributed by atoms with E-state index in [0.29, 0.717) is 0 Å². The molecule has 0 aliphatic carbocycles.